The molecule has 1 aromatic rings. The van der Waals surface area contributed by atoms with Crippen LogP contribution in [-0.4, -0.2) is 24.2 Å². The first-order chi connectivity index (χ1) is 7.79. The minimum atomic E-state index is 0.323. The Kier molecular flexibility index (Phi) is 3.37. The molecule has 2 heterocycles. The fraction of sp³-hybridized carbons (Fsp3) is 0.500. The van der Waals surface area contributed by atoms with Crippen molar-refractivity contribution in [3.8, 4) is 6.07 Å². The monoisotopic (exact) mass is 217 g/mol. The smallest absolute Gasteiger partial charge is 0.142 e. The molecular formula is C12H15N3O. The molecule has 1 aliphatic rings. The lowest BCUT2D eigenvalue weighted by Crippen LogP contribution is -2.26. The zero-order valence-corrected chi connectivity index (χ0v) is 9.31. The van der Waals surface area contributed by atoms with E-state index in [1.165, 1.54) is 0 Å². The minimum Gasteiger partial charge on any atom is -0.381 e. The van der Waals surface area contributed by atoms with Crippen molar-refractivity contribution in [2.24, 2.45) is 5.92 Å². The first-order valence-corrected chi connectivity index (χ1v) is 5.51. The van der Waals surface area contributed by atoms with Crippen LogP contribution in [0.1, 0.15) is 19.0 Å². The van der Waals surface area contributed by atoms with Crippen LogP contribution in [0, 0.1) is 17.2 Å². The van der Waals surface area contributed by atoms with E-state index in [1.54, 1.807) is 6.07 Å². The van der Waals surface area contributed by atoms with Gasteiger partial charge in [-0.25, -0.2) is 4.98 Å². The number of anilines is 1. The van der Waals surface area contributed by atoms with Crippen LogP contribution in [0.4, 0.5) is 5.82 Å². The summed E-state index contributed by atoms with van der Waals surface area (Å²) in [5.41, 5.74) is 0.444. The Hall–Kier alpha value is -1.60. The van der Waals surface area contributed by atoms with Crippen molar-refractivity contribution < 1.29 is 4.74 Å². The third kappa shape index (κ3) is 2.50. The van der Waals surface area contributed by atoms with Gasteiger partial charge in [-0.2, -0.15) is 5.26 Å². The predicted molar refractivity (Wildman–Crippen MR) is 61.0 cm³/mol. The van der Waals surface area contributed by atoms with Gasteiger partial charge in [-0.3, -0.25) is 0 Å². The Labute approximate surface area is 95.3 Å². The molecule has 0 radical (unpaired) electrons. The molecule has 0 spiro atoms. The zero-order valence-electron chi connectivity index (χ0n) is 9.31. The Morgan fingerprint density at radius 2 is 2.50 bits per heavy atom. The highest BCUT2D eigenvalue weighted by Gasteiger charge is 2.22. The Morgan fingerprint density at radius 1 is 1.62 bits per heavy atom. The average molecular weight is 217 g/mol. The van der Waals surface area contributed by atoms with E-state index in [2.05, 4.69) is 17.2 Å². The topological polar surface area (TPSA) is 57.9 Å². The zero-order chi connectivity index (χ0) is 11.4. The molecule has 0 aromatic carbocycles. The molecule has 0 aliphatic carbocycles. The first-order valence-electron chi connectivity index (χ1n) is 5.51. The molecule has 2 rings (SSSR count). The standard InChI is InChI=1S/C12H15N3O/c1-9(10-5-6-16-8-10)14-12-4-2-3-11(7-13)15-12/h2-4,9-10H,5-6,8H2,1H3,(H,14,15). The van der Waals surface area contributed by atoms with Crippen molar-refractivity contribution in [2.45, 2.75) is 19.4 Å². The molecule has 2 unspecified atom stereocenters. The van der Waals surface area contributed by atoms with E-state index in [9.17, 15) is 0 Å². The molecule has 1 fully saturated rings. The molecule has 4 heteroatoms. The molecular weight excluding hydrogens is 202 g/mol. The Balaban J connectivity index is 2.00. The first kappa shape index (κ1) is 10.9. The van der Waals surface area contributed by atoms with Crippen LogP contribution in [0.25, 0.3) is 0 Å². The summed E-state index contributed by atoms with van der Waals surface area (Å²) in [5.74, 6) is 1.30. The summed E-state index contributed by atoms with van der Waals surface area (Å²) < 4.78 is 5.35. The van der Waals surface area contributed by atoms with Gasteiger partial charge in [0.25, 0.3) is 0 Å². The lowest BCUT2D eigenvalue weighted by Gasteiger charge is -2.19. The third-order valence-corrected chi connectivity index (χ3v) is 2.91. The molecule has 0 bridgehead atoms. The number of nitrogens with one attached hydrogen (secondary N) is 1. The van der Waals surface area contributed by atoms with Gasteiger partial charge < -0.3 is 10.1 Å². The second-order valence-electron chi connectivity index (χ2n) is 4.08. The lowest BCUT2D eigenvalue weighted by molar-refractivity contribution is 0.183. The molecule has 1 saturated heterocycles. The number of hydrogen-bond acceptors (Lipinski definition) is 4. The van der Waals surface area contributed by atoms with E-state index in [-0.39, 0.29) is 0 Å². The van der Waals surface area contributed by atoms with Crippen LogP contribution in [-0.2, 0) is 4.74 Å². The van der Waals surface area contributed by atoms with Gasteiger partial charge in [-0.05, 0) is 25.5 Å². The molecule has 0 amide bonds. The maximum absolute atomic E-state index is 8.75. The molecule has 84 valence electrons. The summed E-state index contributed by atoms with van der Waals surface area (Å²) in [6.07, 6.45) is 1.09. The number of nitriles is 1. The number of pyridine rings is 1. The van der Waals surface area contributed by atoms with Crippen molar-refractivity contribution >= 4 is 5.82 Å². The van der Waals surface area contributed by atoms with Gasteiger partial charge in [0.15, 0.2) is 0 Å². The molecule has 4 nitrogen and oxygen atoms in total. The average Bonchev–Trinajstić information content (AvgIpc) is 2.83. The van der Waals surface area contributed by atoms with E-state index in [0.29, 0.717) is 17.7 Å². The second kappa shape index (κ2) is 4.95. The lowest BCUT2D eigenvalue weighted by atomic mass is 10.0. The molecule has 1 N–H and O–H groups in total. The Bertz CT molecular complexity index is 393. The van der Waals surface area contributed by atoms with Gasteiger partial charge in [-0.1, -0.05) is 6.07 Å². The second-order valence-corrected chi connectivity index (χ2v) is 4.08. The normalized spacial score (nSPS) is 21.4. The summed E-state index contributed by atoms with van der Waals surface area (Å²) in [6, 6.07) is 7.78. The number of rotatable bonds is 3. The predicted octanol–water partition coefficient (Wildman–Crippen LogP) is 1.79. The third-order valence-electron chi connectivity index (χ3n) is 2.91. The maximum atomic E-state index is 8.75. The van der Waals surface area contributed by atoms with Crippen LogP contribution in [0.3, 0.4) is 0 Å². The van der Waals surface area contributed by atoms with Crippen LogP contribution < -0.4 is 5.32 Å². The van der Waals surface area contributed by atoms with Crippen molar-refractivity contribution in [1.29, 1.82) is 5.26 Å². The van der Waals surface area contributed by atoms with E-state index in [1.807, 2.05) is 18.2 Å². The summed E-state index contributed by atoms with van der Waals surface area (Å²) in [5, 5.41) is 12.1. The van der Waals surface area contributed by atoms with Gasteiger partial charge in [-0.15, -0.1) is 0 Å². The molecule has 2 atom stereocenters. The fourth-order valence-electron chi connectivity index (χ4n) is 1.88. The minimum absolute atomic E-state index is 0.323. The van der Waals surface area contributed by atoms with Gasteiger partial charge >= 0.3 is 0 Å². The highest BCUT2D eigenvalue weighted by atomic mass is 16.5. The highest BCUT2D eigenvalue weighted by Crippen LogP contribution is 2.19. The fourth-order valence-corrected chi connectivity index (χ4v) is 1.88. The summed E-state index contributed by atoms with van der Waals surface area (Å²) >= 11 is 0. The SMILES string of the molecule is CC(Nc1cccc(C#N)n1)C1CCOC1. The number of ether oxygens (including phenoxy) is 1. The van der Waals surface area contributed by atoms with Crippen molar-refractivity contribution in [3.05, 3.63) is 23.9 Å². The molecule has 0 saturated carbocycles. The van der Waals surface area contributed by atoms with E-state index < -0.39 is 0 Å². The molecule has 16 heavy (non-hydrogen) atoms. The van der Waals surface area contributed by atoms with E-state index in [0.717, 1.165) is 25.5 Å². The van der Waals surface area contributed by atoms with Gasteiger partial charge in [0.1, 0.15) is 17.6 Å². The van der Waals surface area contributed by atoms with E-state index in [4.69, 9.17) is 10.00 Å². The van der Waals surface area contributed by atoms with Crippen LogP contribution in [0.5, 0.6) is 0 Å². The summed E-state index contributed by atoms with van der Waals surface area (Å²) in [7, 11) is 0. The van der Waals surface area contributed by atoms with Crippen molar-refractivity contribution in [1.82, 2.24) is 4.98 Å². The Morgan fingerprint density at radius 3 is 3.19 bits per heavy atom. The molecule has 1 aliphatic heterocycles. The summed E-state index contributed by atoms with van der Waals surface area (Å²) in [4.78, 5) is 4.19. The highest BCUT2D eigenvalue weighted by molar-refractivity contribution is 5.39. The van der Waals surface area contributed by atoms with E-state index >= 15 is 0 Å². The quantitative estimate of drug-likeness (QED) is 0.838. The van der Waals surface area contributed by atoms with Crippen molar-refractivity contribution in [3.63, 3.8) is 0 Å². The van der Waals surface area contributed by atoms with Gasteiger partial charge in [0.05, 0.1) is 6.61 Å². The number of aromatic nitrogens is 1. The van der Waals surface area contributed by atoms with Crippen molar-refractivity contribution in [2.75, 3.05) is 18.5 Å². The van der Waals surface area contributed by atoms with Crippen LogP contribution in [0.2, 0.25) is 0 Å². The largest absolute Gasteiger partial charge is 0.381 e. The van der Waals surface area contributed by atoms with Crippen LogP contribution >= 0.6 is 0 Å². The van der Waals surface area contributed by atoms with Gasteiger partial charge in [0.2, 0.25) is 0 Å². The molecule has 1 aromatic heterocycles. The van der Waals surface area contributed by atoms with Gasteiger partial charge in [0, 0.05) is 18.6 Å². The summed E-state index contributed by atoms with van der Waals surface area (Å²) in [6.45, 7) is 3.79. The number of hydrogen-bond donors (Lipinski definition) is 1. The maximum Gasteiger partial charge on any atom is 0.142 e. The van der Waals surface area contributed by atoms with Crippen LogP contribution in [0.15, 0.2) is 18.2 Å². The number of nitrogens with zero attached hydrogens (tertiary/aromatic N) is 2.